The van der Waals surface area contributed by atoms with E-state index in [-0.39, 0.29) is 0 Å². The first kappa shape index (κ1) is 14.9. The molecule has 0 aliphatic carbocycles. The summed E-state index contributed by atoms with van der Waals surface area (Å²) in [7, 11) is 0. The quantitative estimate of drug-likeness (QED) is 0.438. The van der Waals surface area contributed by atoms with E-state index < -0.39 is 0 Å². The number of ether oxygens (including phenoxy) is 1. The molecule has 4 rings (SSSR count). The lowest BCUT2D eigenvalue weighted by Crippen LogP contribution is -1.97. The number of benzene rings is 3. The van der Waals surface area contributed by atoms with Crippen LogP contribution in [-0.4, -0.2) is 4.57 Å². The summed E-state index contributed by atoms with van der Waals surface area (Å²) in [4.78, 5) is 0. The molecule has 24 heavy (non-hydrogen) atoms. The average molecular weight is 334 g/mol. The van der Waals surface area contributed by atoms with Gasteiger partial charge in [-0.05, 0) is 54.1 Å². The fraction of sp³-hybridized carbons (Fsp3) is 0.0476. The highest BCUT2D eigenvalue weighted by atomic mass is 35.5. The van der Waals surface area contributed by atoms with E-state index in [0.29, 0.717) is 0 Å². The van der Waals surface area contributed by atoms with Crippen LogP contribution in [0, 0.1) is 0 Å². The molecule has 0 spiro atoms. The molecule has 0 radical (unpaired) electrons. The van der Waals surface area contributed by atoms with Crippen molar-refractivity contribution in [3.05, 3.63) is 95.6 Å². The Kier molecular flexibility index (Phi) is 3.97. The van der Waals surface area contributed by atoms with Gasteiger partial charge in [0.2, 0.25) is 0 Å². The number of fused-ring (bicyclic) bond motifs is 1. The second-order valence-corrected chi connectivity index (χ2v) is 6.14. The fourth-order valence-corrected chi connectivity index (χ4v) is 2.92. The molecule has 0 bridgehead atoms. The molecular formula is C21H16ClNO. The van der Waals surface area contributed by atoms with Crippen LogP contribution < -0.4 is 4.74 Å². The molecule has 0 amide bonds. The van der Waals surface area contributed by atoms with Gasteiger partial charge in [0, 0.05) is 28.7 Å². The lowest BCUT2D eigenvalue weighted by molar-refractivity contribution is 0.483. The van der Waals surface area contributed by atoms with Gasteiger partial charge in [0.1, 0.15) is 11.5 Å². The Hall–Kier alpha value is -2.71. The summed E-state index contributed by atoms with van der Waals surface area (Å²) in [6.45, 7) is 0.819. The van der Waals surface area contributed by atoms with E-state index in [1.54, 1.807) is 0 Å². The number of hydrogen-bond acceptors (Lipinski definition) is 1. The number of nitrogens with zero attached hydrogens (tertiary/aromatic N) is 1. The molecular weight excluding hydrogens is 318 g/mol. The number of hydrogen-bond donors (Lipinski definition) is 0. The van der Waals surface area contributed by atoms with Crippen LogP contribution in [0.3, 0.4) is 0 Å². The maximum absolute atomic E-state index is 5.95. The lowest BCUT2D eigenvalue weighted by Gasteiger charge is -2.08. The summed E-state index contributed by atoms with van der Waals surface area (Å²) in [6, 6.07) is 26.1. The standard InChI is InChI=1S/C21H16ClNO/c22-18-8-6-16(7-9-18)15-23-13-12-17-14-20(10-11-21(17)23)24-19-4-2-1-3-5-19/h1-14H,15H2. The Morgan fingerprint density at radius 1 is 0.792 bits per heavy atom. The number of halogens is 1. The highest BCUT2D eigenvalue weighted by Gasteiger charge is 2.05. The molecule has 0 aliphatic rings. The smallest absolute Gasteiger partial charge is 0.128 e. The zero-order valence-electron chi connectivity index (χ0n) is 13.0. The summed E-state index contributed by atoms with van der Waals surface area (Å²) >= 11 is 5.95. The average Bonchev–Trinajstić information content (AvgIpc) is 3.00. The number of aromatic nitrogens is 1. The van der Waals surface area contributed by atoms with Crippen LogP contribution in [-0.2, 0) is 6.54 Å². The molecule has 0 saturated carbocycles. The zero-order valence-corrected chi connectivity index (χ0v) is 13.8. The van der Waals surface area contributed by atoms with Crippen molar-refractivity contribution in [2.45, 2.75) is 6.54 Å². The van der Waals surface area contributed by atoms with E-state index in [4.69, 9.17) is 16.3 Å². The summed E-state index contributed by atoms with van der Waals surface area (Å²) in [5.74, 6) is 1.69. The fourth-order valence-electron chi connectivity index (χ4n) is 2.79. The largest absolute Gasteiger partial charge is 0.457 e. The van der Waals surface area contributed by atoms with Gasteiger partial charge < -0.3 is 9.30 Å². The van der Waals surface area contributed by atoms with Gasteiger partial charge in [-0.15, -0.1) is 0 Å². The van der Waals surface area contributed by atoms with Gasteiger partial charge in [0.05, 0.1) is 0 Å². The van der Waals surface area contributed by atoms with E-state index in [1.165, 1.54) is 11.1 Å². The van der Waals surface area contributed by atoms with Crippen LogP contribution in [0.1, 0.15) is 5.56 Å². The van der Waals surface area contributed by atoms with Crippen molar-refractivity contribution in [3.63, 3.8) is 0 Å². The molecule has 0 saturated heterocycles. The molecule has 0 aliphatic heterocycles. The second-order valence-electron chi connectivity index (χ2n) is 5.71. The van der Waals surface area contributed by atoms with Crippen molar-refractivity contribution in [2.75, 3.05) is 0 Å². The monoisotopic (exact) mass is 333 g/mol. The van der Waals surface area contributed by atoms with Crippen LogP contribution in [0.5, 0.6) is 11.5 Å². The van der Waals surface area contributed by atoms with Gasteiger partial charge in [-0.25, -0.2) is 0 Å². The highest BCUT2D eigenvalue weighted by molar-refractivity contribution is 6.30. The molecule has 4 aromatic rings. The third kappa shape index (κ3) is 3.15. The normalized spacial score (nSPS) is 10.9. The van der Waals surface area contributed by atoms with Crippen molar-refractivity contribution < 1.29 is 4.74 Å². The summed E-state index contributed by atoms with van der Waals surface area (Å²) in [5.41, 5.74) is 2.41. The van der Waals surface area contributed by atoms with Crippen LogP contribution in [0.25, 0.3) is 10.9 Å². The summed E-state index contributed by atoms with van der Waals surface area (Å²) in [6.07, 6.45) is 2.10. The second kappa shape index (κ2) is 6.42. The topological polar surface area (TPSA) is 14.2 Å². The SMILES string of the molecule is Clc1ccc(Cn2ccc3cc(Oc4ccccc4)ccc32)cc1. The van der Waals surface area contributed by atoms with E-state index in [0.717, 1.165) is 28.5 Å². The lowest BCUT2D eigenvalue weighted by atomic mass is 10.2. The van der Waals surface area contributed by atoms with Crippen LogP contribution in [0.15, 0.2) is 85.1 Å². The van der Waals surface area contributed by atoms with Crippen molar-refractivity contribution in [1.82, 2.24) is 4.57 Å². The molecule has 3 aromatic carbocycles. The number of rotatable bonds is 4. The van der Waals surface area contributed by atoms with Crippen molar-refractivity contribution in [2.24, 2.45) is 0 Å². The molecule has 1 heterocycles. The first-order valence-electron chi connectivity index (χ1n) is 7.84. The third-order valence-corrected chi connectivity index (χ3v) is 4.24. The first-order valence-corrected chi connectivity index (χ1v) is 8.22. The van der Waals surface area contributed by atoms with Gasteiger partial charge in [-0.3, -0.25) is 0 Å². The Balaban J connectivity index is 1.59. The minimum Gasteiger partial charge on any atom is -0.457 e. The predicted molar refractivity (Wildman–Crippen MR) is 99.0 cm³/mol. The maximum Gasteiger partial charge on any atom is 0.128 e. The molecule has 0 N–H and O–H groups in total. The molecule has 118 valence electrons. The van der Waals surface area contributed by atoms with Gasteiger partial charge in [0.25, 0.3) is 0 Å². The Morgan fingerprint density at radius 3 is 2.38 bits per heavy atom. The molecule has 1 aromatic heterocycles. The van der Waals surface area contributed by atoms with Gasteiger partial charge >= 0.3 is 0 Å². The van der Waals surface area contributed by atoms with Gasteiger partial charge in [-0.1, -0.05) is 41.9 Å². The van der Waals surface area contributed by atoms with E-state index in [1.807, 2.05) is 48.5 Å². The highest BCUT2D eigenvalue weighted by Crippen LogP contribution is 2.26. The van der Waals surface area contributed by atoms with Gasteiger partial charge in [0.15, 0.2) is 0 Å². The zero-order chi connectivity index (χ0) is 16.4. The Morgan fingerprint density at radius 2 is 1.58 bits per heavy atom. The third-order valence-electron chi connectivity index (χ3n) is 3.99. The minimum absolute atomic E-state index is 0.763. The summed E-state index contributed by atoms with van der Waals surface area (Å²) in [5, 5.41) is 1.93. The van der Waals surface area contributed by atoms with Crippen LogP contribution in [0.4, 0.5) is 0 Å². The molecule has 2 nitrogen and oxygen atoms in total. The number of para-hydroxylation sites is 1. The minimum atomic E-state index is 0.763. The van der Waals surface area contributed by atoms with Crippen LogP contribution in [0.2, 0.25) is 5.02 Å². The van der Waals surface area contributed by atoms with E-state index in [2.05, 4.69) is 41.1 Å². The first-order chi connectivity index (χ1) is 11.8. The predicted octanol–water partition coefficient (Wildman–Crippen LogP) is 6.14. The van der Waals surface area contributed by atoms with E-state index >= 15 is 0 Å². The van der Waals surface area contributed by atoms with Crippen molar-refractivity contribution in [3.8, 4) is 11.5 Å². The van der Waals surface area contributed by atoms with Crippen LogP contribution >= 0.6 is 11.6 Å². The molecule has 0 unspecified atom stereocenters. The summed E-state index contributed by atoms with van der Waals surface area (Å²) < 4.78 is 8.13. The maximum atomic E-state index is 5.95. The van der Waals surface area contributed by atoms with E-state index in [9.17, 15) is 0 Å². The van der Waals surface area contributed by atoms with Gasteiger partial charge in [-0.2, -0.15) is 0 Å². The molecule has 0 fully saturated rings. The molecule has 3 heteroatoms. The van der Waals surface area contributed by atoms with Crippen molar-refractivity contribution in [1.29, 1.82) is 0 Å². The van der Waals surface area contributed by atoms with Crippen molar-refractivity contribution >= 4 is 22.5 Å². The Bertz CT molecular complexity index is 958. The molecule has 0 atom stereocenters. The Labute approximate surface area is 145 Å².